The highest BCUT2D eigenvalue weighted by molar-refractivity contribution is 7.99. The van der Waals surface area contributed by atoms with E-state index in [1.807, 2.05) is 36.2 Å². The highest BCUT2D eigenvalue weighted by Crippen LogP contribution is 2.23. The van der Waals surface area contributed by atoms with Crippen LogP contribution in [0.3, 0.4) is 0 Å². The average molecular weight is 371 g/mol. The van der Waals surface area contributed by atoms with Crippen molar-refractivity contribution in [3.8, 4) is 0 Å². The minimum absolute atomic E-state index is 0.0518. The van der Waals surface area contributed by atoms with Crippen molar-refractivity contribution >= 4 is 17.7 Å². The monoisotopic (exact) mass is 370 g/mol. The number of hydrogen-bond donors (Lipinski definition) is 1. The second-order valence-electron chi connectivity index (χ2n) is 6.82. The normalized spacial score (nSPS) is 17.0. The van der Waals surface area contributed by atoms with Crippen molar-refractivity contribution in [1.82, 2.24) is 9.80 Å². The fraction of sp³-hybridized carbons (Fsp3) is 0.381. The molecule has 0 fully saturated rings. The summed E-state index contributed by atoms with van der Waals surface area (Å²) in [6.45, 7) is 1.80. The van der Waals surface area contributed by atoms with Crippen molar-refractivity contribution in [2.75, 3.05) is 33.0 Å². The van der Waals surface area contributed by atoms with E-state index in [9.17, 15) is 4.79 Å². The Morgan fingerprint density at radius 1 is 1.19 bits per heavy atom. The molecule has 0 radical (unpaired) electrons. The molecule has 0 saturated carbocycles. The van der Waals surface area contributed by atoms with E-state index < -0.39 is 0 Å². The number of carbonyl (C=O) groups excluding carboxylic acids is 1. The second kappa shape index (κ2) is 8.71. The summed E-state index contributed by atoms with van der Waals surface area (Å²) >= 11 is 1.59. The Morgan fingerprint density at radius 2 is 1.88 bits per heavy atom. The van der Waals surface area contributed by atoms with E-state index in [4.69, 9.17) is 5.11 Å². The fourth-order valence-corrected chi connectivity index (χ4v) is 4.05. The van der Waals surface area contributed by atoms with Crippen LogP contribution in [0.4, 0.5) is 0 Å². The first kappa shape index (κ1) is 19.0. The molecule has 0 bridgehead atoms. The Morgan fingerprint density at radius 3 is 2.58 bits per heavy atom. The topological polar surface area (TPSA) is 43.8 Å². The first-order chi connectivity index (χ1) is 12.6. The van der Waals surface area contributed by atoms with Gasteiger partial charge in [0.15, 0.2) is 0 Å². The number of carbonyl (C=O) groups is 1. The summed E-state index contributed by atoms with van der Waals surface area (Å²) in [5.41, 5.74) is 3.48. The Kier molecular flexibility index (Phi) is 6.35. The maximum Gasteiger partial charge on any atom is 0.253 e. The number of thioether (sulfide) groups is 1. The number of fused-ring (bicyclic) bond motifs is 1. The number of benzene rings is 2. The van der Waals surface area contributed by atoms with Gasteiger partial charge in [-0.05, 0) is 48.9 Å². The first-order valence-corrected chi connectivity index (χ1v) is 9.93. The minimum Gasteiger partial charge on any atom is -0.396 e. The summed E-state index contributed by atoms with van der Waals surface area (Å²) in [5.74, 6) is 0.721. The van der Waals surface area contributed by atoms with E-state index in [1.165, 1.54) is 11.1 Å². The summed E-state index contributed by atoms with van der Waals surface area (Å²) in [7, 11) is 4.01. The van der Waals surface area contributed by atoms with Gasteiger partial charge in [0.1, 0.15) is 0 Å². The smallest absolute Gasteiger partial charge is 0.253 e. The van der Waals surface area contributed by atoms with Gasteiger partial charge in [0.25, 0.3) is 5.91 Å². The lowest BCUT2D eigenvalue weighted by atomic mass is 9.94. The van der Waals surface area contributed by atoms with Gasteiger partial charge in [-0.25, -0.2) is 0 Å². The van der Waals surface area contributed by atoms with Gasteiger partial charge >= 0.3 is 0 Å². The Hall–Kier alpha value is -1.82. The van der Waals surface area contributed by atoms with Crippen LogP contribution in [0, 0.1) is 0 Å². The molecule has 4 nitrogen and oxygen atoms in total. The standard InChI is InChI=1S/C21H26N2O2S/c1-22-14-18-6-4-3-5-17(18)13-19(22)15-23(2)21(25)16-7-9-20(10-8-16)26-12-11-24/h3-10,19,24H,11-15H2,1-2H3/t19-/m0/s1. The van der Waals surface area contributed by atoms with Crippen molar-refractivity contribution in [3.63, 3.8) is 0 Å². The van der Waals surface area contributed by atoms with Crippen LogP contribution in [-0.2, 0) is 13.0 Å². The van der Waals surface area contributed by atoms with Gasteiger partial charge in [0.05, 0.1) is 6.61 Å². The van der Waals surface area contributed by atoms with Gasteiger partial charge in [0.2, 0.25) is 0 Å². The van der Waals surface area contributed by atoms with Gasteiger partial charge in [-0.1, -0.05) is 24.3 Å². The number of amides is 1. The van der Waals surface area contributed by atoms with E-state index in [1.54, 1.807) is 11.8 Å². The zero-order valence-electron chi connectivity index (χ0n) is 15.4. The number of rotatable bonds is 6. The molecule has 1 aliphatic heterocycles. The molecule has 138 valence electrons. The Labute approximate surface area is 159 Å². The molecular weight excluding hydrogens is 344 g/mol. The Balaban J connectivity index is 1.62. The number of hydrogen-bond acceptors (Lipinski definition) is 4. The van der Waals surface area contributed by atoms with Crippen molar-refractivity contribution < 1.29 is 9.90 Å². The van der Waals surface area contributed by atoms with Crippen LogP contribution in [-0.4, -0.2) is 59.9 Å². The second-order valence-corrected chi connectivity index (χ2v) is 7.99. The van der Waals surface area contributed by atoms with Crippen LogP contribution in [0.2, 0.25) is 0 Å². The molecule has 1 N–H and O–H groups in total. The third kappa shape index (κ3) is 4.47. The van der Waals surface area contributed by atoms with Crippen LogP contribution in [0.25, 0.3) is 0 Å². The lowest BCUT2D eigenvalue weighted by molar-refractivity contribution is 0.0733. The predicted molar refractivity (Wildman–Crippen MR) is 107 cm³/mol. The fourth-order valence-electron chi connectivity index (χ4n) is 3.40. The minimum atomic E-state index is 0.0518. The third-order valence-corrected chi connectivity index (χ3v) is 5.90. The molecule has 1 atom stereocenters. The molecule has 1 aliphatic rings. The van der Waals surface area contributed by atoms with Gasteiger partial charge in [-0.3, -0.25) is 9.69 Å². The maximum atomic E-state index is 12.8. The van der Waals surface area contributed by atoms with Gasteiger partial charge in [-0.15, -0.1) is 11.8 Å². The highest BCUT2D eigenvalue weighted by Gasteiger charge is 2.25. The first-order valence-electron chi connectivity index (χ1n) is 8.94. The van der Waals surface area contributed by atoms with Crippen LogP contribution >= 0.6 is 11.8 Å². The zero-order valence-corrected chi connectivity index (χ0v) is 16.2. The molecule has 0 aromatic heterocycles. The maximum absolute atomic E-state index is 12.8. The molecule has 2 aromatic carbocycles. The van der Waals surface area contributed by atoms with E-state index in [0.717, 1.165) is 17.9 Å². The molecule has 26 heavy (non-hydrogen) atoms. The molecule has 3 rings (SSSR count). The average Bonchev–Trinajstić information content (AvgIpc) is 2.66. The summed E-state index contributed by atoms with van der Waals surface area (Å²) in [6, 6.07) is 16.5. The van der Waals surface area contributed by atoms with E-state index >= 15 is 0 Å². The Bertz CT molecular complexity index is 748. The highest BCUT2D eigenvalue weighted by atomic mass is 32.2. The number of likely N-dealkylation sites (N-methyl/N-ethyl adjacent to an activating group) is 2. The largest absolute Gasteiger partial charge is 0.396 e. The SMILES string of the molecule is CN(C[C@@H]1Cc2ccccc2CN1C)C(=O)c1ccc(SCCO)cc1. The number of aliphatic hydroxyl groups excluding tert-OH is 1. The lowest BCUT2D eigenvalue weighted by Crippen LogP contribution is -2.46. The molecule has 0 saturated heterocycles. The van der Waals surface area contributed by atoms with Crippen molar-refractivity contribution in [2.24, 2.45) is 0 Å². The number of nitrogens with zero attached hydrogens (tertiary/aromatic N) is 2. The molecule has 1 heterocycles. The molecule has 0 aliphatic carbocycles. The van der Waals surface area contributed by atoms with Crippen LogP contribution < -0.4 is 0 Å². The van der Waals surface area contributed by atoms with Crippen molar-refractivity contribution in [3.05, 3.63) is 65.2 Å². The summed E-state index contributed by atoms with van der Waals surface area (Å²) < 4.78 is 0. The van der Waals surface area contributed by atoms with E-state index in [2.05, 4.69) is 36.2 Å². The molecule has 5 heteroatoms. The van der Waals surface area contributed by atoms with Gasteiger partial charge in [-0.2, -0.15) is 0 Å². The van der Waals surface area contributed by atoms with Crippen molar-refractivity contribution in [1.29, 1.82) is 0 Å². The van der Waals surface area contributed by atoms with E-state index in [0.29, 0.717) is 23.9 Å². The van der Waals surface area contributed by atoms with Crippen LogP contribution in [0.5, 0.6) is 0 Å². The van der Waals surface area contributed by atoms with Crippen LogP contribution in [0.15, 0.2) is 53.4 Å². The van der Waals surface area contributed by atoms with E-state index in [-0.39, 0.29) is 12.5 Å². The van der Waals surface area contributed by atoms with Gasteiger partial charge in [0, 0.05) is 42.4 Å². The predicted octanol–water partition coefficient (Wildman–Crippen LogP) is 2.90. The van der Waals surface area contributed by atoms with Crippen LogP contribution in [0.1, 0.15) is 21.5 Å². The van der Waals surface area contributed by atoms with Crippen molar-refractivity contribution in [2.45, 2.75) is 23.9 Å². The molecule has 0 unspecified atom stereocenters. The number of aliphatic hydroxyl groups is 1. The quantitative estimate of drug-likeness (QED) is 0.794. The lowest BCUT2D eigenvalue weighted by Gasteiger charge is -2.36. The summed E-state index contributed by atoms with van der Waals surface area (Å²) in [6.07, 6.45) is 0.973. The van der Waals surface area contributed by atoms with Gasteiger partial charge < -0.3 is 10.0 Å². The third-order valence-electron chi connectivity index (χ3n) is 4.91. The molecule has 0 spiro atoms. The summed E-state index contributed by atoms with van der Waals surface area (Å²) in [5, 5.41) is 8.90. The molecule has 1 amide bonds. The zero-order chi connectivity index (χ0) is 18.5. The molecular formula is C21H26N2O2S. The molecule has 2 aromatic rings. The summed E-state index contributed by atoms with van der Waals surface area (Å²) in [4.78, 5) is 18.0.